The number of rotatable bonds is 7. The molecule has 0 spiro atoms. The highest BCUT2D eigenvalue weighted by Crippen LogP contribution is 2.16. The van der Waals surface area contributed by atoms with Gasteiger partial charge in [-0.1, -0.05) is 37.1 Å². The second-order valence-corrected chi connectivity index (χ2v) is 5.80. The monoisotopic (exact) mass is 296 g/mol. The Morgan fingerprint density at radius 2 is 1.80 bits per heavy atom. The zero-order chi connectivity index (χ0) is 15.1. The number of amides is 1. The summed E-state index contributed by atoms with van der Waals surface area (Å²) < 4.78 is 0. The van der Waals surface area contributed by atoms with Gasteiger partial charge in [-0.25, -0.2) is 0 Å². The Hall–Kier alpha value is -1.06. The van der Waals surface area contributed by atoms with E-state index in [1.54, 1.807) is 0 Å². The van der Waals surface area contributed by atoms with Crippen LogP contribution in [0.2, 0.25) is 5.02 Å². The third-order valence-corrected chi connectivity index (χ3v) is 3.63. The van der Waals surface area contributed by atoms with E-state index >= 15 is 0 Å². The number of hydrogen-bond acceptors (Lipinski definition) is 2. The van der Waals surface area contributed by atoms with Crippen LogP contribution in [0.15, 0.2) is 24.3 Å². The van der Waals surface area contributed by atoms with Gasteiger partial charge in [0.05, 0.1) is 6.04 Å². The van der Waals surface area contributed by atoms with Gasteiger partial charge in [-0.3, -0.25) is 10.1 Å². The van der Waals surface area contributed by atoms with Gasteiger partial charge in [0.25, 0.3) is 0 Å². The summed E-state index contributed by atoms with van der Waals surface area (Å²) in [5.41, 5.74) is 1.12. The highest BCUT2D eigenvalue weighted by atomic mass is 35.5. The summed E-state index contributed by atoms with van der Waals surface area (Å²) in [5.74, 6) is 0.0479. The summed E-state index contributed by atoms with van der Waals surface area (Å²) in [6.07, 6.45) is 2.08. The molecule has 3 nitrogen and oxygen atoms in total. The molecule has 1 amide bonds. The maximum Gasteiger partial charge on any atom is 0.237 e. The maximum absolute atomic E-state index is 12.1. The number of carbonyl (C=O) groups excluding carboxylic acids is 1. The molecular weight excluding hydrogens is 272 g/mol. The molecular formula is C16H25ClN2O. The van der Waals surface area contributed by atoms with Crippen molar-refractivity contribution < 1.29 is 4.79 Å². The minimum atomic E-state index is -0.222. The molecule has 0 aliphatic rings. The first-order valence-corrected chi connectivity index (χ1v) is 7.63. The number of halogens is 1. The molecule has 0 aromatic heterocycles. The van der Waals surface area contributed by atoms with E-state index in [0.717, 1.165) is 23.4 Å². The lowest BCUT2D eigenvalue weighted by Gasteiger charge is -2.22. The van der Waals surface area contributed by atoms with Crippen molar-refractivity contribution in [1.29, 1.82) is 0 Å². The van der Waals surface area contributed by atoms with Gasteiger partial charge in [0.1, 0.15) is 0 Å². The van der Waals surface area contributed by atoms with Crippen LogP contribution in [0.25, 0.3) is 0 Å². The molecule has 0 aliphatic heterocycles. The van der Waals surface area contributed by atoms with Gasteiger partial charge in [-0.2, -0.15) is 0 Å². The highest BCUT2D eigenvalue weighted by Gasteiger charge is 2.17. The summed E-state index contributed by atoms with van der Waals surface area (Å²) in [6, 6.07) is 7.79. The van der Waals surface area contributed by atoms with Gasteiger partial charge in [0.15, 0.2) is 0 Å². The molecule has 20 heavy (non-hydrogen) atoms. The van der Waals surface area contributed by atoms with Gasteiger partial charge in [0, 0.05) is 17.1 Å². The molecule has 0 saturated carbocycles. The van der Waals surface area contributed by atoms with E-state index < -0.39 is 0 Å². The number of nitrogens with one attached hydrogen (secondary N) is 2. The van der Waals surface area contributed by atoms with Crippen molar-refractivity contribution in [3.8, 4) is 0 Å². The van der Waals surface area contributed by atoms with E-state index in [0.29, 0.717) is 0 Å². The fraction of sp³-hybridized carbons (Fsp3) is 0.562. The average Bonchev–Trinajstić information content (AvgIpc) is 2.39. The molecule has 0 heterocycles. The van der Waals surface area contributed by atoms with Gasteiger partial charge in [0.2, 0.25) is 5.91 Å². The van der Waals surface area contributed by atoms with Crippen LogP contribution in [0.4, 0.5) is 0 Å². The topological polar surface area (TPSA) is 41.1 Å². The molecule has 4 heteroatoms. The Bertz CT molecular complexity index is 419. The van der Waals surface area contributed by atoms with Gasteiger partial charge in [-0.05, 0) is 44.9 Å². The summed E-state index contributed by atoms with van der Waals surface area (Å²) in [6.45, 7) is 8.09. The molecule has 0 saturated heterocycles. The molecule has 0 radical (unpaired) electrons. The normalized spacial score (nSPS) is 15.4. The molecule has 1 aromatic carbocycles. The van der Waals surface area contributed by atoms with Gasteiger partial charge in [-0.15, -0.1) is 0 Å². The largest absolute Gasteiger partial charge is 0.352 e. The van der Waals surface area contributed by atoms with Crippen molar-refractivity contribution in [3.05, 3.63) is 34.9 Å². The second-order valence-electron chi connectivity index (χ2n) is 5.36. The first-order valence-electron chi connectivity index (χ1n) is 7.26. The fourth-order valence-electron chi connectivity index (χ4n) is 2.17. The molecule has 0 bridgehead atoms. The SMILES string of the molecule is CCCC(C)NC(=O)C(C)NC(C)c1ccc(Cl)cc1. The van der Waals surface area contributed by atoms with Gasteiger partial charge >= 0.3 is 0 Å². The Kier molecular flexibility index (Phi) is 7.03. The molecule has 1 aromatic rings. The second kappa shape index (κ2) is 8.28. The molecule has 112 valence electrons. The minimum absolute atomic E-state index is 0.0479. The summed E-state index contributed by atoms with van der Waals surface area (Å²) >= 11 is 5.87. The van der Waals surface area contributed by atoms with Crippen LogP contribution in [0.1, 0.15) is 52.1 Å². The summed E-state index contributed by atoms with van der Waals surface area (Å²) in [4.78, 5) is 12.1. The van der Waals surface area contributed by atoms with Crippen molar-refractivity contribution in [3.63, 3.8) is 0 Å². The number of hydrogen-bond donors (Lipinski definition) is 2. The van der Waals surface area contributed by atoms with E-state index in [4.69, 9.17) is 11.6 Å². The fourth-order valence-corrected chi connectivity index (χ4v) is 2.30. The van der Waals surface area contributed by atoms with E-state index in [2.05, 4.69) is 17.6 Å². The lowest BCUT2D eigenvalue weighted by Crippen LogP contribution is -2.46. The van der Waals surface area contributed by atoms with Crippen molar-refractivity contribution in [2.45, 2.75) is 58.7 Å². The van der Waals surface area contributed by atoms with Crippen molar-refractivity contribution in [1.82, 2.24) is 10.6 Å². The van der Waals surface area contributed by atoms with Crippen LogP contribution in [0, 0.1) is 0 Å². The number of benzene rings is 1. The van der Waals surface area contributed by atoms with E-state index in [9.17, 15) is 4.79 Å². The zero-order valence-electron chi connectivity index (χ0n) is 12.7. The molecule has 0 fully saturated rings. The molecule has 0 aliphatic carbocycles. The molecule has 2 N–H and O–H groups in total. The first-order chi connectivity index (χ1) is 9.43. The smallest absolute Gasteiger partial charge is 0.237 e. The van der Waals surface area contributed by atoms with Crippen LogP contribution in [-0.4, -0.2) is 18.0 Å². The van der Waals surface area contributed by atoms with Crippen molar-refractivity contribution in [2.24, 2.45) is 0 Å². The van der Waals surface area contributed by atoms with Crippen LogP contribution in [0.5, 0.6) is 0 Å². The Labute approximate surface area is 127 Å². The Morgan fingerprint density at radius 1 is 1.20 bits per heavy atom. The quantitative estimate of drug-likeness (QED) is 0.806. The Balaban J connectivity index is 2.50. The van der Waals surface area contributed by atoms with E-state index in [1.165, 1.54) is 0 Å². The van der Waals surface area contributed by atoms with Crippen molar-refractivity contribution >= 4 is 17.5 Å². The summed E-state index contributed by atoms with van der Waals surface area (Å²) in [5, 5.41) is 7.05. The standard InChI is InChI=1S/C16H25ClN2O/c1-5-6-11(2)18-16(20)13(4)19-12(3)14-7-9-15(17)10-8-14/h7-13,19H,5-6H2,1-4H3,(H,18,20). The third kappa shape index (κ3) is 5.51. The van der Waals surface area contributed by atoms with Crippen LogP contribution < -0.4 is 10.6 Å². The lowest BCUT2D eigenvalue weighted by molar-refractivity contribution is -0.123. The van der Waals surface area contributed by atoms with Crippen molar-refractivity contribution in [2.75, 3.05) is 0 Å². The van der Waals surface area contributed by atoms with Crippen LogP contribution >= 0.6 is 11.6 Å². The summed E-state index contributed by atoms with van der Waals surface area (Å²) in [7, 11) is 0. The molecule has 1 rings (SSSR count). The van der Waals surface area contributed by atoms with Crippen LogP contribution in [-0.2, 0) is 4.79 Å². The zero-order valence-corrected chi connectivity index (χ0v) is 13.5. The molecule has 3 unspecified atom stereocenters. The van der Waals surface area contributed by atoms with Crippen LogP contribution in [0.3, 0.4) is 0 Å². The predicted octanol–water partition coefficient (Wildman–Crippen LogP) is 3.68. The van der Waals surface area contributed by atoms with Gasteiger partial charge < -0.3 is 5.32 Å². The Morgan fingerprint density at radius 3 is 2.35 bits per heavy atom. The third-order valence-electron chi connectivity index (χ3n) is 3.37. The lowest BCUT2D eigenvalue weighted by atomic mass is 10.1. The van der Waals surface area contributed by atoms with E-state index in [-0.39, 0.29) is 24.0 Å². The van der Waals surface area contributed by atoms with E-state index in [1.807, 2.05) is 45.0 Å². The number of carbonyl (C=O) groups is 1. The first kappa shape index (κ1) is 17.0. The highest BCUT2D eigenvalue weighted by molar-refractivity contribution is 6.30. The minimum Gasteiger partial charge on any atom is -0.352 e. The molecule has 3 atom stereocenters. The maximum atomic E-state index is 12.1. The predicted molar refractivity (Wildman–Crippen MR) is 85.0 cm³/mol. The average molecular weight is 297 g/mol.